The van der Waals surface area contributed by atoms with Gasteiger partial charge in [-0.05, 0) is 49.2 Å². The van der Waals surface area contributed by atoms with Crippen LogP contribution in [0.4, 0.5) is 0 Å². The fourth-order valence-electron chi connectivity index (χ4n) is 3.11. The van der Waals surface area contributed by atoms with Gasteiger partial charge in [-0.15, -0.1) is 0 Å². The fourth-order valence-corrected chi connectivity index (χ4v) is 3.24. The van der Waals surface area contributed by atoms with Crippen LogP contribution in [0.15, 0.2) is 48.5 Å². The Morgan fingerprint density at radius 3 is 2.36 bits per heavy atom. The highest BCUT2D eigenvalue weighted by Crippen LogP contribution is 2.25. The fraction of sp³-hybridized carbons (Fsp3) is 0.333. The van der Waals surface area contributed by atoms with E-state index in [9.17, 15) is 9.59 Å². The number of methoxy groups -OCH3 is 1. The monoisotopic (exact) mass is 402 g/mol. The molecule has 0 radical (unpaired) electrons. The zero-order valence-electron chi connectivity index (χ0n) is 15.7. The first-order chi connectivity index (χ1) is 13.6. The molecule has 0 bridgehead atoms. The number of amides is 2. The summed E-state index contributed by atoms with van der Waals surface area (Å²) in [7, 11) is 1.56. The van der Waals surface area contributed by atoms with Crippen LogP contribution < -0.4 is 14.8 Å². The van der Waals surface area contributed by atoms with Crippen LogP contribution in [-0.2, 0) is 4.79 Å². The molecule has 0 aliphatic carbocycles. The molecule has 2 aromatic carbocycles. The van der Waals surface area contributed by atoms with Gasteiger partial charge in [-0.3, -0.25) is 9.59 Å². The van der Waals surface area contributed by atoms with E-state index in [0.29, 0.717) is 48.0 Å². The van der Waals surface area contributed by atoms with Gasteiger partial charge in [0.05, 0.1) is 7.11 Å². The second-order valence-corrected chi connectivity index (χ2v) is 7.01. The molecule has 1 heterocycles. The van der Waals surface area contributed by atoms with Gasteiger partial charge < -0.3 is 19.7 Å². The van der Waals surface area contributed by atoms with E-state index in [1.165, 1.54) is 0 Å². The summed E-state index contributed by atoms with van der Waals surface area (Å²) in [6.45, 7) is 1.13. The Morgan fingerprint density at radius 2 is 1.71 bits per heavy atom. The molecule has 1 aliphatic rings. The van der Waals surface area contributed by atoms with E-state index in [2.05, 4.69) is 5.32 Å². The molecule has 2 amide bonds. The largest absolute Gasteiger partial charge is 0.493 e. The lowest BCUT2D eigenvalue weighted by molar-refractivity contribution is -0.134. The third-order valence-electron chi connectivity index (χ3n) is 4.71. The molecule has 6 nitrogen and oxygen atoms in total. The molecule has 1 fully saturated rings. The average Bonchev–Trinajstić information content (AvgIpc) is 2.73. The van der Waals surface area contributed by atoms with Crippen molar-refractivity contribution in [1.82, 2.24) is 10.2 Å². The summed E-state index contributed by atoms with van der Waals surface area (Å²) in [4.78, 5) is 26.5. The lowest BCUT2D eigenvalue weighted by Gasteiger charge is -2.32. The minimum Gasteiger partial charge on any atom is -0.493 e. The molecular formula is C21H23ClN2O4. The third kappa shape index (κ3) is 5.16. The molecule has 148 valence electrons. The molecule has 0 spiro atoms. The number of piperidine rings is 1. The second kappa shape index (κ2) is 9.46. The topological polar surface area (TPSA) is 67.9 Å². The molecule has 1 aliphatic heterocycles. The van der Waals surface area contributed by atoms with Gasteiger partial charge in [0, 0.05) is 29.7 Å². The highest BCUT2D eigenvalue weighted by molar-refractivity contribution is 6.30. The Kier molecular flexibility index (Phi) is 6.76. The summed E-state index contributed by atoms with van der Waals surface area (Å²) in [6, 6.07) is 14.1. The number of hydrogen-bond acceptors (Lipinski definition) is 4. The standard InChI is InChI=1S/C21H23ClN2O4/c1-27-18-4-2-3-5-19(18)28-14-20(25)24-12-10-17(11-13-24)23-21(26)15-6-8-16(22)9-7-15/h2-9,17H,10-14H2,1H3,(H,23,26). The maximum absolute atomic E-state index is 12.4. The Bertz CT molecular complexity index is 817. The zero-order valence-corrected chi connectivity index (χ0v) is 16.4. The number of ether oxygens (including phenoxy) is 2. The van der Waals surface area contributed by atoms with Gasteiger partial charge in [0.25, 0.3) is 11.8 Å². The lowest BCUT2D eigenvalue weighted by Crippen LogP contribution is -2.47. The van der Waals surface area contributed by atoms with Crippen LogP contribution in [0.25, 0.3) is 0 Å². The molecule has 1 N–H and O–H groups in total. The van der Waals surface area contributed by atoms with E-state index >= 15 is 0 Å². The van der Waals surface area contributed by atoms with Crippen LogP contribution >= 0.6 is 11.6 Å². The summed E-state index contributed by atoms with van der Waals surface area (Å²) < 4.78 is 10.8. The molecule has 1 saturated heterocycles. The number of halogens is 1. The minimum absolute atomic E-state index is 0.0395. The van der Waals surface area contributed by atoms with E-state index in [1.807, 2.05) is 12.1 Å². The summed E-state index contributed by atoms with van der Waals surface area (Å²) in [5.74, 6) is 0.941. The third-order valence-corrected chi connectivity index (χ3v) is 4.96. The Labute approximate surface area is 169 Å². The second-order valence-electron chi connectivity index (χ2n) is 6.57. The van der Waals surface area contributed by atoms with Gasteiger partial charge >= 0.3 is 0 Å². The number of carbonyl (C=O) groups is 2. The van der Waals surface area contributed by atoms with Gasteiger partial charge in [-0.1, -0.05) is 23.7 Å². The maximum atomic E-state index is 12.4. The van der Waals surface area contributed by atoms with Crippen molar-refractivity contribution in [2.24, 2.45) is 0 Å². The molecule has 3 rings (SSSR count). The first-order valence-corrected chi connectivity index (χ1v) is 9.54. The number of nitrogens with zero attached hydrogens (tertiary/aromatic N) is 1. The first-order valence-electron chi connectivity index (χ1n) is 9.17. The highest BCUT2D eigenvalue weighted by Gasteiger charge is 2.24. The average molecular weight is 403 g/mol. The van der Waals surface area contributed by atoms with Crippen molar-refractivity contribution in [1.29, 1.82) is 0 Å². The van der Waals surface area contributed by atoms with Crippen molar-refractivity contribution in [3.05, 3.63) is 59.1 Å². The van der Waals surface area contributed by atoms with Crippen LogP contribution in [0.3, 0.4) is 0 Å². The molecule has 2 aromatic rings. The molecule has 0 aromatic heterocycles. The van der Waals surface area contributed by atoms with Crippen molar-refractivity contribution in [3.8, 4) is 11.5 Å². The quantitative estimate of drug-likeness (QED) is 0.806. The summed E-state index contributed by atoms with van der Waals surface area (Å²) in [5.41, 5.74) is 0.577. The first kappa shape index (κ1) is 20.0. The molecule has 0 unspecified atom stereocenters. The number of nitrogens with one attached hydrogen (secondary N) is 1. The number of hydrogen-bond donors (Lipinski definition) is 1. The number of benzene rings is 2. The van der Waals surface area contributed by atoms with Gasteiger partial charge in [0.15, 0.2) is 18.1 Å². The number of para-hydroxylation sites is 2. The van der Waals surface area contributed by atoms with Crippen LogP contribution in [0.5, 0.6) is 11.5 Å². The van der Waals surface area contributed by atoms with E-state index in [0.717, 1.165) is 0 Å². The highest BCUT2D eigenvalue weighted by atomic mass is 35.5. The smallest absolute Gasteiger partial charge is 0.260 e. The van der Waals surface area contributed by atoms with Gasteiger partial charge in [-0.25, -0.2) is 0 Å². The Morgan fingerprint density at radius 1 is 1.07 bits per heavy atom. The zero-order chi connectivity index (χ0) is 19.9. The summed E-state index contributed by atoms with van der Waals surface area (Å²) in [5, 5.41) is 3.62. The number of rotatable bonds is 6. The number of likely N-dealkylation sites (tertiary alicyclic amines) is 1. The molecule has 0 saturated carbocycles. The molecule has 7 heteroatoms. The van der Waals surface area contributed by atoms with E-state index in [-0.39, 0.29) is 24.5 Å². The van der Waals surface area contributed by atoms with Gasteiger partial charge in [-0.2, -0.15) is 0 Å². The van der Waals surface area contributed by atoms with Crippen molar-refractivity contribution < 1.29 is 19.1 Å². The van der Waals surface area contributed by atoms with Crippen molar-refractivity contribution in [3.63, 3.8) is 0 Å². The molecule has 0 atom stereocenters. The lowest BCUT2D eigenvalue weighted by atomic mass is 10.0. The predicted molar refractivity (Wildman–Crippen MR) is 107 cm³/mol. The number of carbonyl (C=O) groups excluding carboxylic acids is 2. The maximum Gasteiger partial charge on any atom is 0.260 e. The minimum atomic E-state index is -0.124. The van der Waals surface area contributed by atoms with Gasteiger partial charge in [0.1, 0.15) is 0 Å². The predicted octanol–water partition coefficient (Wildman–Crippen LogP) is 3.15. The summed E-state index contributed by atoms with van der Waals surface area (Å²) in [6.07, 6.45) is 1.42. The van der Waals surface area contributed by atoms with Crippen LogP contribution in [0.1, 0.15) is 23.2 Å². The van der Waals surface area contributed by atoms with Crippen molar-refractivity contribution >= 4 is 23.4 Å². The summed E-state index contributed by atoms with van der Waals surface area (Å²) >= 11 is 5.85. The van der Waals surface area contributed by atoms with Gasteiger partial charge in [0.2, 0.25) is 0 Å². The van der Waals surface area contributed by atoms with E-state index in [1.54, 1.807) is 48.4 Å². The van der Waals surface area contributed by atoms with Crippen LogP contribution in [0.2, 0.25) is 5.02 Å². The SMILES string of the molecule is COc1ccccc1OCC(=O)N1CCC(NC(=O)c2ccc(Cl)cc2)CC1. The Balaban J connectivity index is 1.45. The Hall–Kier alpha value is -2.73. The van der Waals surface area contributed by atoms with E-state index in [4.69, 9.17) is 21.1 Å². The molecule has 28 heavy (non-hydrogen) atoms. The normalized spacial score (nSPS) is 14.4. The van der Waals surface area contributed by atoms with Crippen molar-refractivity contribution in [2.75, 3.05) is 26.8 Å². The van der Waals surface area contributed by atoms with E-state index < -0.39 is 0 Å². The van der Waals surface area contributed by atoms with Crippen molar-refractivity contribution in [2.45, 2.75) is 18.9 Å². The van der Waals surface area contributed by atoms with Crippen LogP contribution in [-0.4, -0.2) is 49.6 Å². The molecular weight excluding hydrogens is 380 g/mol. The van der Waals surface area contributed by atoms with Crippen LogP contribution in [0, 0.1) is 0 Å².